The second-order valence-electron chi connectivity index (χ2n) is 9.72. The average molecular weight is 436 g/mol. The molecule has 2 rings (SSSR count). The number of amides is 1. The van der Waals surface area contributed by atoms with Crippen molar-refractivity contribution in [2.45, 2.75) is 71.1 Å². The molecule has 1 aliphatic rings. The summed E-state index contributed by atoms with van der Waals surface area (Å²) < 4.78 is 16.6. The van der Waals surface area contributed by atoms with Gasteiger partial charge in [0.05, 0.1) is 13.5 Å². The van der Waals surface area contributed by atoms with Gasteiger partial charge >= 0.3 is 18.0 Å². The first-order chi connectivity index (χ1) is 14.2. The topological polar surface area (TPSA) is 102 Å². The number of esters is 1. The molecule has 1 aliphatic heterocycles. The minimum absolute atomic E-state index is 0.108. The fourth-order valence-electron chi connectivity index (χ4n) is 3.84. The number of carboxylic acids is 1. The molecule has 1 aromatic carbocycles. The zero-order chi connectivity index (χ0) is 23.6. The Kier molecular flexibility index (Phi) is 7.24. The third kappa shape index (κ3) is 6.35. The summed E-state index contributed by atoms with van der Waals surface area (Å²) in [6.07, 6.45) is -0.998. The molecule has 3 atom stereocenters. The van der Waals surface area contributed by atoms with E-state index in [1.807, 2.05) is 12.1 Å². The zero-order valence-corrected chi connectivity index (χ0v) is 19.3. The number of aliphatic carboxylic acids is 1. The monoisotopic (exact) mass is 435 g/mol. The van der Waals surface area contributed by atoms with E-state index in [9.17, 15) is 19.5 Å². The van der Waals surface area contributed by atoms with Crippen LogP contribution in [0.3, 0.4) is 0 Å². The maximum atomic E-state index is 13.2. The number of rotatable bonds is 5. The largest absolute Gasteiger partial charge is 0.496 e. The number of carboxylic acid groups (broad SMARTS) is 1. The average Bonchev–Trinajstić information content (AvgIpc) is 2.97. The number of nitrogens with zero attached hydrogens (tertiary/aromatic N) is 1. The number of hydrogen-bond donors (Lipinski definition) is 1. The van der Waals surface area contributed by atoms with Crippen LogP contribution in [-0.2, 0) is 19.1 Å². The van der Waals surface area contributed by atoms with E-state index in [1.165, 1.54) is 12.0 Å². The molecule has 1 saturated heterocycles. The molecule has 8 nitrogen and oxygen atoms in total. The van der Waals surface area contributed by atoms with Crippen LogP contribution in [0.15, 0.2) is 24.3 Å². The first-order valence-corrected chi connectivity index (χ1v) is 10.3. The van der Waals surface area contributed by atoms with Gasteiger partial charge in [-0.3, -0.25) is 9.69 Å². The second-order valence-corrected chi connectivity index (χ2v) is 9.72. The molecule has 172 valence electrons. The second kappa shape index (κ2) is 9.16. The Morgan fingerprint density at radius 2 is 1.61 bits per heavy atom. The molecule has 0 aromatic heterocycles. The van der Waals surface area contributed by atoms with E-state index < -0.39 is 47.1 Å². The van der Waals surface area contributed by atoms with Crippen LogP contribution in [0.5, 0.6) is 5.75 Å². The normalized spacial score (nSPS) is 21.5. The van der Waals surface area contributed by atoms with Gasteiger partial charge in [-0.2, -0.15) is 0 Å². The number of ether oxygens (including phenoxy) is 3. The van der Waals surface area contributed by atoms with Gasteiger partial charge in [0.25, 0.3) is 0 Å². The van der Waals surface area contributed by atoms with Gasteiger partial charge in [0, 0.05) is 18.4 Å². The summed E-state index contributed by atoms with van der Waals surface area (Å²) in [4.78, 5) is 39.2. The molecule has 1 heterocycles. The predicted molar refractivity (Wildman–Crippen MR) is 114 cm³/mol. The van der Waals surface area contributed by atoms with Crippen molar-refractivity contribution in [2.75, 3.05) is 13.7 Å². The van der Waals surface area contributed by atoms with Crippen LogP contribution in [0.4, 0.5) is 4.79 Å². The van der Waals surface area contributed by atoms with Crippen LogP contribution in [0, 0.1) is 5.92 Å². The van der Waals surface area contributed by atoms with Crippen LogP contribution in [0.1, 0.15) is 59.4 Å². The predicted octanol–water partition coefficient (Wildman–Crippen LogP) is 3.83. The van der Waals surface area contributed by atoms with E-state index in [4.69, 9.17) is 14.2 Å². The van der Waals surface area contributed by atoms with Crippen molar-refractivity contribution in [1.29, 1.82) is 0 Å². The highest BCUT2D eigenvalue weighted by atomic mass is 16.6. The van der Waals surface area contributed by atoms with Crippen LogP contribution in [0.25, 0.3) is 0 Å². The van der Waals surface area contributed by atoms with Gasteiger partial charge in [0.2, 0.25) is 0 Å². The molecule has 0 spiro atoms. The number of benzene rings is 1. The lowest BCUT2D eigenvalue weighted by molar-refractivity contribution is -0.162. The van der Waals surface area contributed by atoms with Gasteiger partial charge in [0.1, 0.15) is 23.0 Å². The Balaban J connectivity index is 2.55. The van der Waals surface area contributed by atoms with Gasteiger partial charge in [-0.1, -0.05) is 18.2 Å². The lowest BCUT2D eigenvalue weighted by atomic mass is 9.82. The quantitative estimate of drug-likeness (QED) is 0.701. The third-order valence-corrected chi connectivity index (χ3v) is 4.88. The number of para-hydroxylation sites is 1. The molecule has 1 amide bonds. The minimum atomic E-state index is -1.10. The van der Waals surface area contributed by atoms with E-state index in [1.54, 1.807) is 53.7 Å². The highest BCUT2D eigenvalue weighted by molar-refractivity contribution is 5.84. The van der Waals surface area contributed by atoms with Crippen LogP contribution < -0.4 is 4.74 Å². The molecule has 0 bridgehead atoms. The molecular weight excluding hydrogens is 402 g/mol. The summed E-state index contributed by atoms with van der Waals surface area (Å²) in [5, 5.41) is 9.59. The summed E-state index contributed by atoms with van der Waals surface area (Å²) >= 11 is 0. The van der Waals surface area contributed by atoms with Gasteiger partial charge in [-0.15, -0.1) is 0 Å². The molecule has 1 N–H and O–H groups in total. The summed E-state index contributed by atoms with van der Waals surface area (Å²) in [6.45, 7) is 10.5. The Labute approximate surface area is 183 Å². The van der Waals surface area contributed by atoms with Crippen LogP contribution >= 0.6 is 0 Å². The van der Waals surface area contributed by atoms with E-state index in [-0.39, 0.29) is 13.0 Å². The lowest BCUT2D eigenvalue weighted by Gasteiger charge is -2.31. The summed E-state index contributed by atoms with van der Waals surface area (Å²) in [6, 6.07) is 6.11. The number of carbonyl (C=O) groups excluding carboxylic acids is 2. The summed E-state index contributed by atoms with van der Waals surface area (Å²) in [7, 11) is 1.52. The van der Waals surface area contributed by atoms with E-state index in [0.717, 1.165) is 5.56 Å². The maximum Gasteiger partial charge on any atom is 0.411 e. The lowest BCUT2D eigenvalue weighted by Crippen LogP contribution is -2.48. The molecule has 0 aliphatic carbocycles. The number of likely N-dealkylation sites (tertiary alicyclic amines) is 1. The standard InChI is InChI=1S/C23H33NO7/c1-22(2,3)30-20(27)19-15(12-18(25)26)16(14-10-8-9-11-17(14)29-7)13-24(19)21(28)31-23(4,5)6/h8-11,15-16,19H,12-13H2,1-7H3,(H,25,26)/t15-,16+,19-/m0/s1. The number of carbonyl (C=O) groups is 3. The van der Waals surface area contributed by atoms with Gasteiger partial charge < -0.3 is 19.3 Å². The van der Waals surface area contributed by atoms with Crippen molar-refractivity contribution in [3.8, 4) is 5.75 Å². The molecule has 0 unspecified atom stereocenters. The molecule has 1 fully saturated rings. The minimum Gasteiger partial charge on any atom is -0.496 e. The Morgan fingerprint density at radius 3 is 2.13 bits per heavy atom. The van der Waals surface area contributed by atoms with Crippen molar-refractivity contribution in [2.24, 2.45) is 5.92 Å². The summed E-state index contributed by atoms with van der Waals surface area (Å²) in [5.74, 6) is -2.31. The molecule has 0 radical (unpaired) electrons. The van der Waals surface area contributed by atoms with Gasteiger partial charge in [0.15, 0.2) is 0 Å². The molecule has 31 heavy (non-hydrogen) atoms. The van der Waals surface area contributed by atoms with Gasteiger partial charge in [-0.05, 0) is 53.2 Å². The molecule has 0 saturated carbocycles. The van der Waals surface area contributed by atoms with E-state index >= 15 is 0 Å². The smallest absolute Gasteiger partial charge is 0.411 e. The zero-order valence-electron chi connectivity index (χ0n) is 19.3. The van der Waals surface area contributed by atoms with Crippen molar-refractivity contribution in [1.82, 2.24) is 4.90 Å². The Hall–Kier alpha value is -2.77. The SMILES string of the molecule is COc1ccccc1[C@H]1CN(C(=O)OC(C)(C)C)[C@H](C(=O)OC(C)(C)C)[C@H]1CC(=O)O. The first kappa shape index (κ1) is 24.5. The number of methoxy groups -OCH3 is 1. The van der Waals surface area contributed by atoms with Crippen molar-refractivity contribution >= 4 is 18.0 Å². The summed E-state index contributed by atoms with van der Waals surface area (Å²) in [5.41, 5.74) is -0.844. The molecular formula is C23H33NO7. The fourth-order valence-corrected chi connectivity index (χ4v) is 3.84. The van der Waals surface area contributed by atoms with Crippen LogP contribution in [0.2, 0.25) is 0 Å². The van der Waals surface area contributed by atoms with Crippen molar-refractivity contribution in [3.05, 3.63) is 29.8 Å². The van der Waals surface area contributed by atoms with Crippen molar-refractivity contribution < 1.29 is 33.7 Å². The highest BCUT2D eigenvalue weighted by Crippen LogP contribution is 2.44. The van der Waals surface area contributed by atoms with Gasteiger partial charge in [-0.25, -0.2) is 9.59 Å². The van der Waals surface area contributed by atoms with E-state index in [0.29, 0.717) is 5.75 Å². The van der Waals surface area contributed by atoms with E-state index in [2.05, 4.69) is 0 Å². The van der Waals surface area contributed by atoms with Crippen LogP contribution in [-0.4, -0.2) is 58.9 Å². The maximum absolute atomic E-state index is 13.2. The molecule has 1 aromatic rings. The highest BCUT2D eigenvalue weighted by Gasteiger charge is 2.52. The fraction of sp³-hybridized carbons (Fsp3) is 0.609. The Bertz CT molecular complexity index is 822. The number of hydrogen-bond acceptors (Lipinski definition) is 6. The molecule has 8 heteroatoms. The van der Waals surface area contributed by atoms with Crippen molar-refractivity contribution in [3.63, 3.8) is 0 Å². The third-order valence-electron chi connectivity index (χ3n) is 4.88. The Morgan fingerprint density at radius 1 is 1.03 bits per heavy atom. The first-order valence-electron chi connectivity index (χ1n) is 10.3.